The minimum Gasteiger partial charge on any atom is -0.223 e. The van der Waals surface area contributed by atoms with Gasteiger partial charge in [-0.05, 0) is 31.5 Å². The maximum atomic E-state index is 12.5. The van der Waals surface area contributed by atoms with Crippen LogP contribution < -0.4 is 0 Å². The van der Waals surface area contributed by atoms with Gasteiger partial charge in [-0.15, -0.1) is 11.6 Å². The van der Waals surface area contributed by atoms with Crippen molar-refractivity contribution in [3.63, 3.8) is 0 Å². The van der Waals surface area contributed by atoms with Crippen molar-refractivity contribution in [2.45, 2.75) is 29.7 Å². The quantitative estimate of drug-likeness (QED) is 0.797. The first-order chi connectivity index (χ1) is 9.14. The molecule has 20 heavy (non-hydrogen) atoms. The van der Waals surface area contributed by atoms with E-state index in [4.69, 9.17) is 16.9 Å². The standard InChI is InChI=1S/C12H11ClF3NO2S/c1-8(4-5-13)20(18,19)11-3-2-10(12(14,15)16)6-9(11)7-17/h2-3,6,8H,4-5H2,1H3. The van der Waals surface area contributed by atoms with E-state index in [1.807, 2.05) is 0 Å². The van der Waals surface area contributed by atoms with E-state index in [-0.39, 0.29) is 12.3 Å². The highest BCUT2D eigenvalue weighted by molar-refractivity contribution is 7.92. The summed E-state index contributed by atoms with van der Waals surface area (Å²) in [5, 5.41) is 8.00. The van der Waals surface area contributed by atoms with Crippen LogP contribution in [0.4, 0.5) is 13.2 Å². The zero-order valence-corrected chi connectivity index (χ0v) is 12.0. The lowest BCUT2D eigenvalue weighted by molar-refractivity contribution is -0.137. The SMILES string of the molecule is CC(CCCl)S(=O)(=O)c1ccc(C(F)(F)F)cc1C#N. The fourth-order valence-corrected chi connectivity index (χ4v) is 3.55. The largest absolute Gasteiger partial charge is 0.416 e. The van der Waals surface area contributed by atoms with E-state index < -0.39 is 37.3 Å². The Morgan fingerprint density at radius 1 is 1.40 bits per heavy atom. The molecule has 0 aliphatic carbocycles. The van der Waals surface area contributed by atoms with Crippen molar-refractivity contribution in [2.24, 2.45) is 0 Å². The maximum absolute atomic E-state index is 12.5. The molecule has 0 saturated heterocycles. The summed E-state index contributed by atoms with van der Waals surface area (Å²) < 4.78 is 62.0. The molecule has 1 rings (SSSR count). The van der Waals surface area contributed by atoms with Crippen molar-refractivity contribution < 1.29 is 21.6 Å². The number of halogens is 4. The van der Waals surface area contributed by atoms with Crippen LogP contribution in [0.1, 0.15) is 24.5 Å². The normalized spacial score (nSPS) is 13.8. The Labute approximate surface area is 119 Å². The van der Waals surface area contributed by atoms with Gasteiger partial charge in [-0.3, -0.25) is 0 Å². The lowest BCUT2D eigenvalue weighted by Gasteiger charge is -2.14. The molecule has 0 N–H and O–H groups in total. The van der Waals surface area contributed by atoms with Gasteiger partial charge in [0, 0.05) is 5.88 Å². The van der Waals surface area contributed by atoms with E-state index in [2.05, 4.69) is 0 Å². The second-order valence-electron chi connectivity index (χ2n) is 4.15. The van der Waals surface area contributed by atoms with Gasteiger partial charge < -0.3 is 0 Å². The van der Waals surface area contributed by atoms with Crippen LogP contribution >= 0.6 is 11.6 Å². The van der Waals surface area contributed by atoms with Crippen LogP contribution in [0.5, 0.6) is 0 Å². The van der Waals surface area contributed by atoms with E-state index in [1.54, 1.807) is 0 Å². The smallest absolute Gasteiger partial charge is 0.223 e. The lowest BCUT2D eigenvalue weighted by Crippen LogP contribution is -2.20. The average Bonchev–Trinajstić information content (AvgIpc) is 2.37. The third kappa shape index (κ3) is 3.44. The molecule has 1 unspecified atom stereocenters. The highest BCUT2D eigenvalue weighted by Crippen LogP contribution is 2.32. The predicted molar refractivity (Wildman–Crippen MR) is 68.1 cm³/mol. The fraction of sp³-hybridized carbons (Fsp3) is 0.417. The second-order valence-corrected chi connectivity index (χ2v) is 6.87. The van der Waals surface area contributed by atoms with Crippen molar-refractivity contribution in [1.29, 1.82) is 5.26 Å². The molecule has 8 heteroatoms. The summed E-state index contributed by atoms with van der Waals surface area (Å²) in [6, 6.07) is 3.52. The van der Waals surface area contributed by atoms with Gasteiger partial charge in [-0.25, -0.2) is 8.42 Å². The molecule has 0 amide bonds. The highest BCUT2D eigenvalue weighted by atomic mass is 35.5. The van der Waals surface area contributed by atoms with Gasteiger partial charge in [0.2, 0.25) is 0 Å². The molecule has 0 radical (unpaired) electrons. The molecule has 0 aromatic heterocycles. The molecule has 3 nitrogen and oxygen atoms in total. The molecule has 110 valence electrons. The van der Waals surface area contributed by atoms with Gasteiger partial charge in [-0.2, -0.15) is 18.4 Å². The van der Waals surface area contributed by atoms with Crippen molar-refractivity contribution in [1.82, 2.24) is 0 Å². The van der Waals surface area contributed by atoms with Crippen molar-refractivity contribution in [3.8, 4) is 6.07 Å². The number of nitriles is 1. The highest BCUT2D eigenvalue weighted by Gasteiger charge is 2.33. The molecule has 0 heterocycles. The maximum Gasteiger partial charge on any atom is 0.416 e. The monoisotopic (exact) mass is 325 g/mol. The Bertz CT molecular complexity index is 635. The molecular weight excluding hydrogens is 315 g/mol. The molecule has 1 aromatic carbocycles. The van der Waals surface area contributed by atoms with Crippen LogP contribution in [0.15, 0.2) is 23.1 Å². The Kier molecular flexibility index (Phi) is 5.05. The fourth-order valence-electron chi connectivity index (χ4n) is 1.57. The van der Waals surface area contributed by atoms with Crippen molar-refractivity contribution >= 4 is 21.4 Å². The number of nitrogens with zero attached hydrogens (tertiary/aromatic N) is 1. The zero-order chi connectivity index (χ0) is 15.6. The molecule has 0 aliphatic rings. The Morgan fingerprint density at radius 3 is 2.45 bits per heavy atom. The van der Waals surface area contributed by atoms with Gasteiger partial charge >= 0.3 is 6.18 Å². The van der Waals surface area contributed by atoms with Crippen LogP contribution in [0.2, 0.25) is 0 Å². The molecule has 0 aliphatic heterocycles. The molecule has 0 saturated carbocycles. The van der Waals surface area contributed by atoms with Gasteiger partial charge in [0.15, 0.2) is 9.84 Å². The molecule has 0 fully saturated rings. The van der Waals surface area contributed by atoms with E-state index in [0.29, 0.717) is 12.1 Å². The van der Waals surface area contributed by atoms with Gasteiger partial charge in [0.05, 0.1) is 21.3 Å². The minimum atomic E-state index is -4.63. The van der Waals surface area contributed by atoms with E-state index >= 15 is 0 Å². The Morgan fingerprint density at radius 2 is 2.00 bits per heavy atom. The summed E-state index contributed by atoms with van der Waals surface area (Å²) in [4.78, 5) is -0.398. The van der Waals surface area contributed by atoms with Crippen LogP contribution in [0.3, 0.4) is 0 Å². The molecule has 1 aromatic rings. The number of sulfone groups is 1. The number of rotatable bonds is 4. The summed E-state index contributed by atoms with van der Waals surface area (Å²) in [6.07, 6.45) is -4.48. The number of alkyl halides is 4. The molecule has 0 spiro atoms. The summed E-state index contributed by atoms with van der Waals surface area (Å²) in [6.45, 7) is 1.40. The topological polar surface area (TPSA) is 57.9 Å². The molecule has 1 atom stereocenters. The van der Waals surface area contributed by atoms with Crippen molar-refractivity contribution in [2.75, 3.05) is 5.88 Å². The van der Waals surface area contributed by atoms with E-state index in [0.717, 1.165) is 6.07 Å². The van der Waals surface area contributed by atoms with Crippen LogP contribution in [-0.2, 0) is 16.0 Å². The zero-order valence-electron chi connectivity index (χ0n) is 10.4. The average molecular weight is 326 g/mol. The summed E-state index contributed by atoms with van der Waals surface area (Å²) in [5.41, 5.74) is -1.57. The number of hydrogen-bond acceptors (Lipinski definition) is 3. The minimum absolute atomic E-state index is 0.100. The third-order valence-electron chi connectivity index (χ3n) is 2.78. The van der Waals surface area contributed by atoms with Gasteiger partial charge in [-0.1, -0.05) is 0 Å². The van der Waals surface area contributed by atoms with Gasteiger partial charge in [0.1, 0.15) is 6.07 Å². The lowest BCUT2D eigenvalue weighted by atomic mass is 10.1. The molecular formula is C12H11ClF3NO2S. The summed E-state index contributed by atoms with van der Waals surface area (Å²) in [5.74, 6) is 0.100. The van der Waals surface area contributed by atoms with Crippen LogP contribution in [-0.4, -0.2) is 19.5 Å². The summed E-state index contributed by atoms with van der Waals surface area (Å²) >= 11 is 5.47. The van der Waals surface area contributed by atoms with Crippen molar-refractivity contribution in [3.05, 3.63) is 29.3 Å². The first kappa shape index (κ1) is 16.8. The van der Waals surface area contributed by atoms with Crippen LogP contribution in [0.25, 0.3) is 0 Å². The Hall–Kier alpha value is -1.26. The first-order valence-corrected chi connectivity index (χ1v) is 7.64. The van der Waals surface area contributed by atoms with Crippen LogP contribution in [0, 0.1) is 11.3 Å². The predicted octanol–water partition coefficient (Wildman–Crippen LogP) is 3.37. The number of hydrogen-bond donors (Lipinski definition) is 0. The van der Waals surface area contributed by atoms with Gasteiger partial charge in [0.25, 0.3) is 0 Å². The first-order valence-electron chi connectivity index (χ1n) is 5.55. The Balaban J connectivity index is 3.38. The van der Waals surface area contributed by atoms with E-state index in [9.17, 15) is 21.6 Å². The second kappa shape index (κ2) is 6.02. The number of benzene rings is 1. The molecule has 0 bridgehead atoms. The third-order valence-corrected chi connectivity index (χ3v) is 5.26. The summed E-state index contributed by atoms with van der Waals surface area (Å²) in [7, 11) is -3.88. The van der Waals surface area contributed by atoms with E-state index in [1.165, 1.54) is 13.0 Å².